The van der Waals surface area contributed by atoms with Crippen molar-refractivity contribution in [2.24, 2.45) is 7.05 Å². The first-order chi connectivity index (χ1) is 10.8. The number of rotatable bonds is 4. The molecule has 1 aromatic heterocycles. The topological polar surface area (TPSA) is 93.1 Å². The second-order valence-corrected chi connectivity index (χ2v) is 7.41. The molecule has 2 heterocycles. The van der Waals surface area contributed by atoms with E-state index in [0.717, 1.165) is 17.0 Å². The van der Waals surface area contributed by atoms with Gasteiger partial charge < -0.3 is 5.32 Å². The lowest BCUT2D eigenvalue weighted by Crippen LogP contribution is -2.24. The number of nitrogens with zero attached hydrogens (tertiary/aromatic N) is 2. The van der Waals surface area contributed by atoms with Crippen molar-refractivity contribution in [2.75, 3.05) is 5.32 Å². The third kappa shape index (κ3) is 2.87. The van der Waals surface area contributed by atoms with Crippen LogP contribution in [0, 0.1) is 13.8 Å². The highest BCUT2D eigenvalue weighted by molar-refractivity contribution is 7.89. The number of aromatic nitrogens is 2. The van der Waals surface area contributed by atoms with Crippen LogP contribution in [0.5, 0.6) is 0 Å². The van der Waals surface area contributed by atoms with Gasteiger partial charge in [-0.3, -0.25) is 9.48 Å². The Morgan fingerprint density at radius 3 is 2.74 bits per heavy atom. The number of sulfonamides is 1. The Morgan fingerprint density at radius 1 is 1.35 bits per heavy atom. The van der Waals surface area contributed by atoms with E-state index in [1.165, 1.54) is 6.07 Å². The van der Waals surface area contributed by atoms with Crippen molar-refractivity contribution in [1.29, 1.82) is 0 Å². The predicted molar refractivity (Wildman–Crippen MR) is 85.5 cm³/mol. The van der Waals surface area contributed by atoms with E-state index in [-0.39, 0.29) is 23.8 Å². The third-order valence-corrected chi connectivity index (χ3v) is 5.51. The monoisotopic (exact) mass is 334 g/mol. The number of hydrogen-bond donors (Lipinski definition) is 2. The summed E-state index contributed by atoms with van der Waals surface area (Å²) < 4.78 is 29.3. The minimum absolute atomic E-state index is 0.121. The molecule has 0 aliphatic carbocycles. The number of aryl methyl sites for hydroxylation is 2. The Morgan fingerprint density at radius 2 is 2.09 bits per heavy atom. The molecule has 7 nitrogen and oxygen atoms in total. The molecule has 8 heteroatoms. The molecule has 1 amide bonds. The van der Waals surface area contributed by atoms with E-state index in [2.05, 4.69) is 15.1 Å². The van der Waals surface area contributed by atoms with Crippen molar-refractivity contribution >= 4 is 21.6 Å². The molecule has 0 radical (unpaired) electrons. The molecule has 1 aliphatic rings. The standard InChI is InChI=1S/C15H18N4O3S/c1-9-13(10(2)19(3)18-9)8-16-23(21,22)12-4-5-14-11(6-12)7-15(20)17-14/h4-6,16H,7-8H2,1-3H3,(H,17,20). The molecule has 23 heavy (non-hydrogen) atoms. The Balaban J connectivity index is 1.83. The fourth-order valence-electron chi connectivity index (χ4n) is 2.70. The lowest BCUT2D eigenvalue weighted by molar-refractivity contribution is -0.115. The number of carbonyl (C=O) groups is 1. The van der Waals surface area contributed by atoms with Crippen LogP contribution in [0.15, 0.2) is 23.1 Å². The minimum Gasteiger partial charge on any atom is -0.326 e. The molecule has 0 spiro atoms. The van der Waals surface area contributed by atoms with E-state index in [0.29, 0.717) is 11.3 Å². The van der Waals surface area contributed by atoms with Crippen molar-refractivity contribution in [2.45, 2.75) is 31.7 Å². The maximum Gasteiger partial charge on any atom is 0.240 e. The van der Waals surface area contributed by atoms with E-state index >= 15 is 0 Å². The molecular weight excluding hydrogens is 316 g/mol. The summed E-state index contributed by atoms with van der Waals surface area (Å²) in [4.78, 5) is 11.5. The first-order valence-electron chi connectivity index (χ1n) is 7.19. The van der Waals surface area contributed by atoms with E-state index < -0.39 is 10.0 Å². The van der Waals surface area contributed by atoms with Gasteiger partial charge in [-0.1, -0.05) is 0 Å². The van der Waals surface area contributed by atoms with Gasteiger partial charge >= 0.3 is 0 Å². The first-order valence-corrected chi connectivity index (χ1v) is 8.68. The number of amides is 1. The molecule has 1 aliphatic heterocycles. The molecule has 0 bridgehead atoms. The van der Waals surface area contributed by atoms with Gasteiger partial charge in [-0.25, -0.2) is 13.1 Å². The summed E-state index contributed by atoms with van der Waals surface area (Å²) in [5.74, 6) is -0.121. The number of nitrogens with one attached hydrogen (secondary N) is 2. The van der Waals surface area contributed by atoms with Crippen molar-refractivity contribution in [1.82, 2.24) is 14.5 Å². The lowest BCUT2D eigenvalue weighted by atomic mass is 10.2. The second-order valence-electron chi connectivity index (χ2n) is 5.64. The predicted octanol–water partition coefficient (Wildman–Crippen LogP) is 1.01. The van der Waals surface area contributed by atoms with Crippen molar-refractivity contribution < 1.29 is 13.2 Å². The zero-order valence-corrected chi connectivity index (χ0v) is 14.0. The third-order valence-electron chi connectivity index (χ3n) is 4.11. The number of carbonyl (C=O) groups excluding carboxylic acids is 1. The largest absolute Gasteiger partial charge is 0.326 e. The van der Waals surface area contributed by atoms with Gasteiger partial charge in [-0.05, 0) is 37.6 Å². The normalized spacial score (nSPS) is 14.0. The number of benzene rings is 1. The Bertz CT molecular complexity index is 900. The average Bonchev–Trinajstić information content (AvgIpc) is 2.96. The molecule has 0 saturated carbocycles. The zero-order valence-electron chi connectivity index (χ0n) is 13.2. The minimum atomic E-state index is -3.65. The van der Waals surface area contributed by atoms with E-state index in [9.17, 15) is 13.2 Å². The van der Waals surface area contributed by atoms with Gasteiger partial charge in [0.25, 0.3) is 0 Å². The van der Waals surface area contributed by atoms with E-state index in [1.807, 2.05) is 20.9 Å². The average molecular weight is 334 g/mol. The highest BCUT2D eigenvalue weighted by Gasteiger charge is 2.22. The van der Waals surface area contributed by atoms with Gasteiger partial charge in [0.2, 0.25) is 15.9 Å². The van der Waals surface area contributed by atoms with Crippen LogP contribution in [0.2, 0.25) is 0 Å². The molecule has 0 unspecified atom stereocenters. The molecule has 2 aromatic rings. The Kier molecular flexibility index (Phi) is 3.73. The summed E-state index contributed by atoms with van der Waals surface area (Å²) in [6.45, 7) is 3.93. The molecule has 0 fully saturated rings. The van der Waals surface area contributed by atoms with Gasteiger partial charge in [-0.15, -0.1) is 0 Å². The summed E-state index contributed by atoms with van der Waals surface area (Å²) in [6, 6.07) is 4.66. The van der Waals surface area contributed by atoms with Crippen LogP contribution in [0.3, 0.4) is 0 Å². The van der Waals surface area contributed by atoms with Gasteiger partial charge in [0.1, 0.15) is 0 Å². The maximum atomic E-state index is 12.5. The molecule has 1 aromatic carbocycles. The molecular formula is C15H18N4O3S. The van der Waals surface area contributed by atoms with Crippen LogP contribution >= 0.6 is 0 Å². The summed E-state index contributed by atoms with van der Waals surface area (Å²) in [5, 5.41) is 6.96. The summed E-state index contributed by atoms with van der Waals surface area (Å²) in [5.41, 5.74) is 3.97. The van der Waals surface area contributed by atoms with Gasteiger partial charge in [0.15, 0.2) is 0 Å². The van der Waals surface area contributed by atoms with Crippen LogP contribution in [-0.2, 0) is 34.8 Å². The summed E-state index contributed by atoms with van der Waals surface area (Å²) in [7, 11) is -1.82. The first kappa shape index (κ1) is 15.7. The second kappa shape index (κ2) is 5.47. The van der Waals surface area contributed by atoms with E-state index in [4.69, 9.17) is 0 Å². The fraction of sp³-hybridized carbons (Fsp3) is 0.333. The zero-order chi connectivity index (χ0) is 16.8. The van der Waals surface area contributed by atoms with Crippen LogP contribution < -0.4 is 10.0 Å². The molecule has 0 saturated heterocycles. The van der Waals surface area contributed by atoms with Gasteiger partial charge in [0, 0.05) is 30.5 Å². The van der Waals surface area contributed by atoms with Crippen molar-refractivity contribution in [3.8, 4) is 0 Å². The van der Waals surface area contributed by atoms with Gasteiger partial charge in [-0.2, -0.15) is 5.10 Å². The molecule has 3 rings (SSSR count). The van der Waals surface area contributed by atoms with Gasteiger partial charge in [0.05, 0.1) is 17.0 Å². The maximum absolute atomic E-state index is 12.5. The number of fused-ring (bicyclic) bond motifs is 1. The van der Waals surface area contributed by atoms with Crippen LogP contribution in [-0.4, -0.2) is 24.1 Å². The lowest BCUT2D eigenvalue weighted by Gasteiger charge is -2.08. The fourth-order valence-corrected chi connectivity index (χ4v) is 3.74. The number of hydrogen-bond acceptors (Lipinski definition) is 4. The summed E-state index contributed by atoms with van der Waals surface area (Å²) in [6.07, 6.45) is 0.208. The molecule has 122 valence electrons. The van der Waals surface area contributed by atoms with Crippen LogP contribution in [0.25, 0.3) is 0 Å². The van der Waals surface area contributed by atoms with Crippen molar-refractivity contribution in [3.05, 3.63) is 40.7 Å². The molecule has 0 atom stereocenters. The SMILES string of the molecule is Cc1nn(C)c(C)c1CNS(=O)(=O)c1ccc2c(c1)CC(=O)N2. The summed E-state index contributed by atoms with van der Waals surface area (Å²) >= 11 is 0. The Hall–Kier alpha value is -2.19. The number of anilines is 1. The smallest absolute Gasteiger partial charge is 0.240 e. The van der Waals surface area contributed by atoms with Crippen LogP contribution in [0.1, 0.15) is 22.5 Å². The molecule has 2 N–H and O–H groups in total. The Labute approximate surface area is 134 Å². The quantitative estimate of drug-likeness (QED) is 0.873. The highest BCUT2D eigenvalue weighted by Crippen LogP contribution is 2.25. The van der Waals surface area contributed by atoms with E-state index in [1.54, 1.807) is 16.8 Å². The van der Waals surface area contributed by atoms with Crippen molar-refractivity contribution in [3.63, 3.8) is 0 Å². The van der Waals surface area contributed by atoms with Crippen LogP contribution in [0.4, 0.5) is 5.69 Å². The highest BCUT2D eigenvalue weighted by atomic mass is 32.2.